The quantitative estimate of drug-likeness (QED) is 0.712. The van der Waals surface area contributed by atoms with Crippen molar-refractivity contribution >= 4 is 17.0 Å². The van der Waals surface area contributed by atoms with Crippen LogP contribution in [0.15, 0.2) is 0 Å². The van der Waals surface area contributed by atoms with E-state index in [2.05, 4.69) is 46.1 Å². The summed E-state index contributed by atoms with van der Waals surface area (Å²) < 4.78 is 3.48. The molecule has 10 nitrogen and oxygen atoms in total. The molecule has 0 bridgehead atoms. The molecule has 3 aromatic heterocycles. The van der Waals surface area contributed by atoms with Gasteiger partial charge in [-0.1, -0.05) is 26.0 Å². The van der Waals surface area contributed by atoms with Crippen LogP contribution in [-0.2, 0) is 19.0 Å². The van der Waals surface area contributed by atoms with Crippen molar-refractivity contribution in [2.45, 2.75) is 52.2 Å². The van der Waals surface area contributed by atoms with Crippen LogP contribution >= 0.6 is 0 Å². The molecule has 0 aliphatic carbocycles. The number of rotatable bonds is 3. The first kappa shape index (κ1) is 17.8. The second-order valence-corrected chi connectivity index (χ2v) is 8.13. The topological polar surface area (TPSA) is 111 Å². The van der Waals surface area contributed by atoms with Crippen molar-refractivity contribution < 1.29 is 5.11 Å². The lowest BCUT2D eigenvalue weighted by Gasteiger charge is -2.21. The van der Waals surface area contributed by atoms with E-state index in [1.807, 2.05) is 14.0 Å². The van der Waals surface area contributed by atoms with Gasteiger partial charge in [0.2, 0.25) is 0 Å². The summed E-state index contributed by atoms with van der Waals surface area (Å²) in [5.74, 6) is 2.97. The predicted octanol–water partition coefficient (Wildman–Crippen LogP) is 0.575. The van der Waals surface area contributed by atoms with Gasteiger partial charge in [-0.15, -0.1) is 5.10 Å². The molecule has 0 amide bonds. The van der Waals surface area contributed by atoms with Crippen LogP contribution in [0.2, 0.25) is 0 Å². The van der Waals surface area contributed by atoms with Crippen LogP contribution in [0.4, 0.5) is 5.82 Å². The summed E-state index contributed by atoms with van der Waals surface area (Å²) >= 11 is 0. The molecule has 0 spiro atoms. The minimum Gasteiger partial charge on any atom is -0.391 e. The summed E-state index contributed by atoms with van der Waals surface area (Å²) in [5.41, 5.74) is 1.10. The Morgan fingerprint density at radius 3 is 2.56 bits per heavy atom. The Bertz CT molecular complexity index is 984. The zero-order valence-corrected chi connectivity index (χ0v) is 16.4. The van der Waals surface area contributed by atoms with Gasteiger partial charge in [0.15, 0.2) is 17.0 Å². The monoisotopic (exact) mass is 371 g/mol. The van der Waals surface area contributed by atoms with Gasteiger partial charge in [0, 0.05) is 25.6 Å². The lowest BCUT2D eigenvalue weighted by Crippen LogP contribution is -2.25. The second-order valence-electron chi connectivity index (χ2n) is 8.13. The molecule has 1 saturated heterocycles. The Kier molecular flexibility index (Phi) is 4.10. The average molecular weight is 371 g/mol. The van der Waals surface area contributed by atoms with Crippen LogP contribution in [0.25, 0.3) is 11.2 Å². The molecule has 4 rings (SSSR count). The van der Waals surface area contributed by atoms with Crippen LogP contribution in [0.1, 0.15) is 44.7 Å². The maximum absolute atomic E-state index is 9.95. The van der Waals surface area contributed by atoms with E-state index in [0.717, 1.165) is 30.4 Å². The molecule has 0 radical (unpaired) electrons. The number of anilines is 1. The number of hydrogen-bond acceptors (Lipinski definition) is 8. The fourth-order valence-electron chi connectivity index (χ4n) is 3.27. The number of β-amino-alcohol motifs (C(OH)–C–C–N with tert-alkyl or cyclic N) is 1. The minimum absolute atomic E-state index is 0.224. The molecule has 10 heteroatoms. The summed E-state index contributed by atoms with van der Waals surface area (Å²) in [5, 5.41) is 22.9. The van der Waals surface area contributed by atoms with Crippen molar-refractivity contribution in [3.05, 3.63) is 17.5 Å². The summed E-state index contributed by atoms with van der Waals surface area (Å²) in [4.78, 5) is 16.1. The minimum atomic E-state index is -0.343. The van der Waals surface area contributed by atoms with Gasteiger partial charge in [-0.3, -0.25) is 4.68 Å². The third-order valence-electron chi connectivity index (χ3n) is 4.73. The SMILES string of the molecule is Cc1nc(Cn2nnc3c(N4CCC(O)C4)nc(C(C)(C)C)nc32)n(C)n1. The van der Waals surface area contributed by atoms with E-state index in [-0.39, 0.29) is 11.5 Å². The zero-order chi connectivity index (χ0) is 19.3. The van der Waals surface area contributed by atoms with Crippen molar-refractivity contribution in [1.29, 1.82) is 0 Å². The van der Waals surface area contributed by atoms with Crippen LogP contribution in [0.3, 0.4) is 0 Å². The molecule has 1 aliphatic rings. The van der Waals surface area contributed by atoms with Crippen LogP contribution in [0.5, 0.6) is 0 Å². The molecular weight excluding hydrogens is 346 g/mol. The van der Waals surface area contributed by atoms with E-state index >= 15 is 0 Å². The van der Waals surface area contributed by atoms with Crippen molar-refractivity contribution in [3.8, 4) is 0 Å². The Labute approximate surface area is 157 Å². The van der Waals surface area contributed by atoms with E-state index in [1.54, 1.807) is 9.36 Å². The van der Waals surface area contributed by atoms with Gasteiger partial charge in [0.1, 0.15) is 24.0 Å². The lowest BCUT2D eigenvalue weighted by atomic mass is 9.96. The van der Waals surface area contributed by atoms with E-state index in [4.69, 9.17) is 9.97 Å². The summed E-state index contributed by atoms with van der Waals surface area (Å²) in [7, 11) is 1.86. The first-order valence-electron chi connectivity index (χ1n) is 9.13. The summed E-state index contributed by atoms with van der Waals surface area (Å²) in [6.07, 6.45) is 0.382. The highest BCUT2D eigenvalue weighted by Crippen LogP contribution is 2.29. The number of fused-ring (bicyclic) bond motifs is 1. The summed E-state index contributed by atoms with van der Waals surface area (Å²) in [6.45, 7) is 9.82. The molecule has 1 unspecified atom stereocenters. The molecule has 4 heterocycles. The van der Waals surface area contributed by atoms with Crippen LogP contribution in [0, 0.1) is 6.92 Å². The van der Waals surface area contributed by atoms with Gasteiger partial charge in [-0.2, -0.15) is 5.10 Å². The van der Waals surface area contributed by atoms with E-state index in [0.29, 0.717) is 30.1 Å². The largest absolute Gasteiger partial charge is 0.391 e. The first-order chi connectivity index (χ1) is 12.7. The Hall–Kier alpha value is -2.62. The van der Waals surface area contributed by atoms with Crippen molar-refractivity contribution in [2.24, 2.45) is 7.05 Å². The molecule has 0 saturated carbocycles. The molecule has 0 aromatic carbocycles. The molecular formula is C17H25N9O. The highest BCUT2D eigenvalue weighted by Gasteiger charge is 2.29. The lowest BCUT2D eigenvalue weighted by molar-refractivity contribution is 0.198. The summed E-state index contributed by atoms with van der Waals surface area (Å²) in [6, 6.07) is 0. The van der Waals surface area contributed by atoms with Crippen LogP contribution < -0.4 is 4.90 Å². The van der Waals surface area contributed by atoms with Crippen molar-refractivity contribution in [2.75, 3.05) is 18.0 Å². The Morgan fingerprint density at radius 1 is 1.19 bits per heavy atom. The van der Waals surface area contributed by atoms with Gasteiger partial charge in [0.05, 0.1) is 6.10 Å². The number of nitrogens with zero attached hydrogens (tertiary/aromatic N) is 9. The average Bonchev–Trinajstić information content (AvgIpc) is 3.26. The van der Waals surface area contributed by atoms with Gasteiger partial charge in [-0.25, -0.2) is 19.6 Å². The van der Waals surface area contributed by atoms with E-state index < -0.39 is 0 Å². The second kappa shape index (κ2) is 6.22. The first-order valence-corrected chi connectivity index (χ1v) is 9.13. The molecule has 144 valence electrons. The normalized spacial score (nSPS) is 18.0. The molecule has 1 fully saturated rings. The number of aliphatic hydroxyl groups is 1. The van der Waals surface area contributed by atoms with Gasteiger partial charge in [-0.05, 0) is 13.3 Å². The van der Waals surface area contributed by atoms with E-state index in [1.165, 1.54) is 0 Å². The third-order valence-corrected chi connectivity index (χ3v) is 4.73. The molecule has 1 aliphatic heterocycles. The maximum atomic E-state index is 9.95. The van der Waals surface area contributed by atoms with Gasteiger partial charge in [0.25, 0.3) is 0 Å². The Balaban J connectivity index is 1.83. The molecule has 1 N–H and O–H groups in total. The maximum Gasteiger partial charge on any atom is 0.184 e. The van der Waals surface area contributed by atoms with Gasteiger partial charge >= 0.3 is 0 Å². The molecule has 3 aromatic rings. The highest BCUT2D eigenvalue weighted by atomic mass is 16.3. The molecule has 1 atom stereocenters. The number of aliphatic hydroxyl groups excluding tert-OH is 1. The molecule has 27 heavy (non-hydrogen) atoms. The fraction of sp³-hybridized carbons (Fsp3) is 0.647. The van der Waals surface area contributed by atoms with Crippen molar-refractivity contribution in [1.82, 2.24) is 39.7 Å². The smallest absolute Gasteiger partial charge is 0.184 e. The van der Waals surface area contributed by atoms with E-state index in [9.17, 15) is 5.11 Å². The fourth-order valence-corrected chi connectivity index (χ4v) is 3.27. The van der Waals surface area contributed by atoms with Crippen LogP contribution in [-0.4, -0.2) is 64.0 Å². The Morgan fingerprint density at radius 2 is 1.96 bits per heavy atom. The number of aryl methyl sites for hydroxylation is 2. The highest BCUT2D eigenvalue weighted by molar-refractivity contribution is 5.83. The number of aromatic nitrogens is 8. The van der Waals surface area contributed by atoms with Crippen molar-refractivity contribution in [3.63, 3.8) is 0 Å². The predicted molar refractivity (Wildman–Crippen MR) is 99.5 cm³/mol. The zero-order valence-electron chi connectivity index (χ0n) is 16.4. The standard InChI is InChI=1S/C17H25N9O/c1-10-18-12(24(5)22-10)9-26-15-13(21-23-26)14(25-7-6-11(27)8-25)19-16(20-15)17(2,3)4/h11,27H,6-9H2,1-5H3. The number of hydrogen-bond donors (Lipinski definition) is 1. The third kappa shape index (κ3) is 3.25. The van der Waals surface area contributed by atoms with Gasteiger partial charge < -0.3 is 10.0 Å².